The summed E-state index contributed by atoms with van der Waals surface area (Å²) in [5, 5.41) is 3.57. The molecule has 0 aliphatic carbocycles. The van der Waals surface area contributed by atoms with E-state index in [1.54, 1.807) is 30.6 Å². The molecule has 0 fully saturated rings. The summed E-state index contributed by atoms with van der Waals surface area (Å²) in [6, 6.07) is 8.78. The van der Waals surface area contributed by atoms with Crippen LogP contribution in [0.2, 0.25) is 0 Å². The number of carbonyl (C=O) groups excluding carboxylic acids is 1. The van der Waals surface area contributed by atoms with E-state index in [9.17, 15) is 9.59 Å². The molecule has 1 aliphatic heterocycles. The largest absolute Gasteiger partial charge is 0.346 e. The standard InChI is InChI=1S/C22H24N4O2/c1-15(16-9-11-23-12-10-16)24-21(27)17-7-8-18-19(14-17)25-20-6-4-2-3-5-13-26(20)22(18)28/h7-12,14-15H,2-6,13H2,1H3,(H,24,27). The van der Waals surface area contributed by atoms with Gasteiger partial charge in [-0.3, -0.25) is 19.1 Å². The van der Waals surface area contributed by atoms with Crippen molar-refractivity contribution in [2.45, 2.75) is 51.6 Å². The summed E-state index contributed by atoms with van der Waals surface area (Å²) in [5.41, 5.74) is 2.10. The van der Waals surface area contributed by atoms with Gasteiger partial charge in [0.2, 0.25) is 0 Å². The molecule has 1 aromatic carbocycles. The number of carbonyl (C=O) groups is 1. The maximum Gasteiger partial charge on any atom is 0.261 e. The predicted molar refractivity (Wildman–Crippen MR) is 108 cm³/mol. The molecule has 1 amide bonds. The maximum atomic E-state index is 12.9. The van der Waals surface area contributed by atoms with Crippen LogP contribution in [0.15, 0.2) is 47.5 Å². The van der Waals surface area contributed by atoms with Gasteiger partial charge in [0.25, 0.3) is 11.5 Å². The molecule has 3 aromatic rings. The lowest BCUT2D eigenvalue weighted by Gasteiger charge is -2.17. The molecule has 0 spiro atoms. The van der Waals surface area contributed by atoms with Crippen LogP contribution in [0.1, 0.15) is 60.4 Å². The van der Waals surface area contributed by atoms with E-state index in [-0.39, 0.29) is 17.5 Å². The fourth-order valence-corrected chi connectivity index (χ4v) is 3.75. The monoisotopic (exact) mass is 376 g/mol. The van der Waals surface area contributed by atoms with Crippen molar-refractivity contribution in [2.75, 3.05) is 0 Å². The molecule has 0 saturated carbocycles. The normalized spacial score (nSPS) is 15.3. The summed E-state index contributed by atoms with van der Waals surface area (Å²) in [4.78, 5) is 34.3. The number of aryl methyl sites for hydroxylation is 1. The Hall–Kier alpha value is -3.02. The van der Waals surface area contributed by atoms with Gasteiger partial charge in [0, 0.05) is 30.9 Å². The van der Waals surface area contributed by atoms with Crippen LogP contribution in [-0.2, 0) is 13.0 Å². The summed E-state index contributed by atoms with van der Waals surface area (Å²) >= 11 is 0. The highest BCUT2D eigenvalue weighted by atomic mass is 16.1. The Morgan fingerprint density at radius 2 is 1.89 bits per heavy atom. The molecule has 4 rings (SSSR count). The second-order valence-corrected chi connectivity index (χ2v) is 7.36. The zero-order chi connectivity index (χ0) is 19.5. The van der Waals surface area contributed by atoms with E-state index in [1.165, 1.54) is 6.42 Å². The first-order valence-corrected chi connectivity index (χ1v) is 9.88. The molecule has 144 valence electrons. The van der Waals surface area contributed by atoms with Crippen LogP contribution < -0.4 is 10.9 Å². The average Bonchev–Trinajstić information content (AvgIpc) is 2.69. The highest BCUT2D eigenvalue weighted by Gasteiger charge is 2.16. The molecule has 1 atom stereocenters. The summed E-state index contributed by atoms with van der Waals surface area (Å²) in [5.74, 6) is 0.653. The zero-order valence-electron chi connectivity index (χ0n) is 16.0. The number of amides is 1. The van der Waals surface area contributed by atoms with Gasteiger partial charge >= 0.3 is 0 Å². The molecule has 6 heteroatoms. The molecular formula is C22H24N4O2. The van der Waals surface area contributed by atoms with E-state index in [0.29, 0.717) is 16.5 Å². The van der Waals surface area contributed by atoms with Crippen LogP contribution in [0.5, 0.6) is 0 Å². The average molecular weight is 376 g/mol. The number of hydrogen-bond acceptors (Lipinski definition) is 4. The lowest BCUT2D eigenvalue weighted by atomic mass is 10.1. The van der Waals surface area contributed by atoms with Gasteiger partial charge in [0.05, 0.1) is 16.9 Å². The molecule has 1 N–H and O–H groups in total. The van der Waals surface area contributed by atoms with Gasteiger partial charge in [0.1, 0.15) is 5.82 Å². The zero-order valence-corrected chi connectivity index (χ0v) is 16.0. The van der Waals surface area contributed by atoms with E-state index >= 15 is 0 Å². The van der Waals surface area contributed by atoms with Crippen molar-refractivity contribution in [3.8, 4) is 0 Å². The SMILES string of the molecule is CC(NC(=O)c1ccc2c(=O)n3c(nc2c1)CCCCCC3)c1ccncc1. The number of rotatable bonds is 3. The minimum atomic E-state index is -0.181. The molecular weight excluding hydrogens is 352 g/mol. The Labute approximate surface area is 163 Å². The number of fused-ring (bicyclic) bond motifs is 2. The topological polar surface area (TPSA) is 76.9 Å². The van der Waals surface area contributed by atoms with Crippen molar-refractivity contribution in [1.29, 1.82) is 0 Å². The van der Waals surface area contributed by atoms with Gasteiger partial charge in [0.15, 0.2) is 0 Å². The molecule has 0 bridgehead atoms. The van der Waals surface area contributed by atoms with Gasteiger partial charge in [-0.2, -0.15) is 0 Å². The van der Waals surface area contributed by atoms with Crippen molar-refractivity contribution in [3.05, 3.63) is 70.0 Å². The van der Waals surface area contributed by atoms with Crippen LogP contribution in [0.4, 0.5) is 0 Å². The van der Waals surface area contributed by atoms with Gasteiger partial charge in [-0.25, -0.2) is 4.98 Å². The quantitative estimate of drug-likeness (QED) is 0.760. The molecule has 0 radical (unpaired) electrons. The molecule has 1 aliphatic rings. The smallest absolute Gasteiger partial charge is 0.261 e. The van der Waals surface area contributed by atoms with Crippen molar-refractivity contribution in [3.63, 3.8) is 0 Å². The van der Waals surface area contributed by atoms with Crippen molar-refractivity contribution in [1.82, 2.24) is 19.9 Å². The fraction of sp³-hybridized carbons (Fsp3) is 0.364. The third-order valence-electron chi connectivity index (χ3n) is 5.38. The third-order valence-corrected chi connectivity index (χ3v) is 5.38. The van der Waals surface area contributed by atoms with Gasteiger partial charge in [-0.05, 0) is 55.7 Å². The Balaban J connectivity index is 1.64. The first-order chi connectivity index (χ1) is 13.6. The number of aromatic nitrogens is 3. The van der Waals surface area contributed by atoms with Crippen molar-refractivity contribution >= 4 is 16.8 Å². The first kappa shape index (κ1) is 18.3. The van der Waals surface area contributed by atoms with Crippen molar-refractivity contribution in [2.24, 2.45) is 0 Å². The first-order valence-electron chi connectivity index (χ1n) is 9.88. The van der Waals surface area contributed by atoms with Crippen LogP contribution in [0.25, 0.3) is 10.9 Å². The fourth-order valence-electron chi connectivity index (χ4n) is 3.75. The van der Waals surface area contributed by atoms with Crippen LogP contribution in [0, 0.1) is 0 Å². The van der Waals surface area contributed by atoms with E-state index in [0.717, 1.165) is 43.6 Å². The highest BCUT2D eigenvalue weighted by molar-refractivity contribution is 5.97. The number of benzene rings is 1. The van der Waals surface area contributed by atoms with Crippen molar-refractivity contribution < 1.29 is 4.79 Å². The summed E-state index contributed by atoms with van der Waals surface area (Å²) in [6.45, 7) is 2.66. The minimum absolute atomic E-state index is 0.000915. The lowest BCUT2D eigenvalue weighted by molar-refractivity contribution is 0.0940. The molecule has 6 nitrogen and oxygen atoms in total. The number of pyridine rings is 1. The maximum absolute atomic E-state index is 12.9. The summed E-state index contributed by atoms with van der Waals surface area (Å²) in [6.07, 6.45) is 8.59. The second-order valence-electron chi connectivity index (χ2n) is 7.36. The Bertz CT molecular complexity index is 1060. The Kier molecular flexibility index (Phi) is 5.19. The summed E-state index contributed by atoms with van der Waals surface area (Å²) in [7, 11) is 0. The highest BCUT2D eigenvalue weighted by Crippen LogP contribution is 2.17. The van der Waals surface area contributed by atoms with Gasteiger partial charge < -0.3 is 5.32 Å². The van der Waals surface area contributed by atoms with Crippen LogP contribution in [-0.4, -0.2) is 20.4 Å². The minimum Gasteiger partial charge on any atom is -0.346 e. The molecule has 1 unspecified atom stereocenters. The Morgan fingerprint density at radius 3 is 2.71 bits per heavy atom. The molecule has 3 heterocycles. The lowest BCUT2D eigenvalue weighted by Crippen LogP contribution is -2.28. The van der Waals surface area contributed by atoms with Crippen LogP contribution >= 0.6 is 0 Å². The molecule has 2 aromatic heterocycles. The molecule has 0 saturated heterocycles. The van der Waals surface area contributed by atoms with E-state index in [4.69, 9.17) is 4.98 Å². The van der Waals surface area contributed by atoms with E-state index in [2.05, 4.69) is 10.3 Å². The number of hydrogen-bond donors (Lipinski definition) is 1. The Morgan fingerprint density at radius 1 is 1.11 bits per heavy atom. The molecule has 28 heavy (non-hydrogen) atoms. The second kappa shape index (κ2) is 7.92. The number of nitrogens with one attached hydrogen (secondary N) is 1. The number of nitrogens with zero attached hydrogens (tertiary/aromatic N) is 3. The van der Waals surface area contributed by atoms with E-state index in [1.807, 2.05) is 23.6 Å². The van der Waals surface area contributed by atoms with Crippen LogP contribution in [0.3, 0.4) is 0 Å². The third kappa shape index (κ3) is 3.67. The van der Waals surface area contributed by atoms with Gasteiger partial charge in [-0.15, -0.1) is 0 Å². The van der Waals surface area contributed by atoms with Gasteiger partial charge in [-0.1, -0.05) is 12.8 Å². The summed E-state index contributed by atoms with van der Waals surface area (Å²) < 4.78 is 1.81. The predicted octanol–water partition coefficient (Wildman–Crippen LogP) is 3.40. The van der Waals surface area contributed by atoms with E-state index < -0.39 is 0 Å².